The second-order valence-electron chi connectivity index (χ2n) is 4.56. The van der Waals surface area contributed by atoms with Gasteiger partial charge in [-0.1, -0.05) is 23.7 Å². The van der Waals surface area contributed by atoms with Crippen LogP contribution in [0.2, 0.25) is 5.02 Å². The third-order valence-corrected chi connectivity index (χ3v) is 3.35. The van der Waals surface area contributed by atoms with Crippen LogP contribution in [0.25, 0.3) is 22.3 Å². The number of fused-ring (bicyclic) bond motifs is 1. The van der Waals surface area contributed by atoms with E-state index in [9.17, 15) is 4.39 Å². The molecular weight excluding hydrogens is 277 g/mol. The number of nitrogens with two attached hydrogens (primary N) is 1. The van der Waals surface area contributed by atoms with Crippen molar-refractivity contribution in [3.8, 4) is 11.4 Å². The molecule has 0 bridgehead atoms. The molecule has 0 aliphatic rings. The van der Waals surface area contributed by atoms with E-state index in [-0.39, 0.29) is 5.82 Å². The van der Waals surface area contributed by atoms with Gasteiger partial charge in [0.1, 0.15) is 11.6 Å². The first kappa shape index (κ1) is 12.8. The fraction of sp³-hybridized carbons (Fsp3) is 0.0667. The molecule has 0 aliphatic carbocycles. The summed E-state index contributed by atoms with van der Waals surface area (Å²) in [6, 6.07) is 10.1. The van der Waals surface area contributed by atoms with Crippen molar-refractivity contribution < 1.29 is 4.39 Å². The minimum absolute atomic E-state index is 0.291. The SMILES string of the molecule is Cc1ccc(-c2nc(N)c3cc(Cl)ccc3n2)cc1F. The van der Waals surface area contributed by atoms with E-state index in [4.69, 9.17) is 17.3 Å². The van der Waals surface area contributed by atoms with Crippen LogP contribution < -0.4 is 5.73 Å². The molecule has 0 radical (unpaired) electrons. The molecule has 2 N–H and O–H groups in total. The lowest BCUT2D eigenvalue weighted by Crippen LogP contribution is -1.98. The van der Waals surface area contributed by atoms with E-state index in [2.05, 4.69) is 9.97 Å². The summed E-state index contributed by atoms with van der Waals surface area (Å²) in [6.45, 7) is 1.71. The zero-order valence-electron chi connectivity index (χ0n) is 10.7. The first-order chi connectivity index (χ1) is 9.54. The number of aryl methyl sites for hydroxylation is 1. The molecule has 0 spiro atoms. The predicted molar refractivity (Wildman–Crippen MR) is 79.1 cm³/mol. The zero-order valence-corrected chi connectivity index (χ0v) is 11.4. The maximum Gasteiger partial charge on any atom is 0.162 e. The van der Waals surface area contributed by atoms with Crippen LogP contribution in [0.5, 0.6) is 0 Å². The fourth-order valence-corrected chi connectivity index (χ4v) is 2.16. The van der Waals surface area contributed by atoms with Crippen LogP contribution >= 0.6 is 11.6 Å². The molecule has 2 aromatic carbocycles. The molecule has 0 amide bonds. The van der Waals surface area contributed by atoms with Gasteiger partial charge < -0.3 is 5.73 Å². The number of hydrogen-bond acceptors (Lipinski definition) is 3. The van der Waals surface area contributed by atoms with Gasteiger partial charge in [0, 0.05) is 16.0 Å². The summed E-state index contributed by atoms with van der Waals surface area (Å²) in [7, 11) is 0. The Morgan fingerprint density at radius 3 is 2.65 bits per heavy atom. The van der Waals surface area contributed by atoms with Gasteiger partial charge >= 0.3 is 0 Å². The summed E-state index contributed by atoms with van der Waals surface area (Å²) in [4.78, 5) is 8.63. The minimum Gasteiger partial charge on any atom is -0.383 e. The Hall–Kier alpha value is -2.20. The monoisotopic (exact) mass is 287 g/mol. The molecule has 1 aromatic heterocycles. The summed E-state index contributed by atoms with van der Waals surface area (Å²) in [5.41, 5.74) is 7.78. The minimum atomic E-state index is -0.291. The summed E-state index contributed by atoms with van der Waals surface area (Å²) in [5, 5.41) is 1.26. The number of nitrogen functional groups attached to an aromatic ring is 1. The molecule has 100 valence electrons. The van der Waals surface area contributed by atoms with Crippen molar-refractivity contribution in [1.29, 1.82) is 0 Å². The number of aromatic nitrogens is 2. The second-order valence-corrected chi connectivity index (χ2v) is 4.99. The smallest absolute Gasteiger partial charge is 0.162 e. The highest BCUT2D eigenvalue weighted by Crippen LogP contribution is 2.26. The molecular formula is C15H11ClFN3. The maximum atomic E-state index is 13.6. The Labute approximate surface area is 120 Å². The number of benzene rings is 2. The highest BCUT2D eigenvalue weighted by molar-refractivity contribution is 6.31. The van der Waals surface area contributed by atoms with Gasteiger partial charge in [0.25, 0.3) is 0 Å². The number of nitrogens with zero attached hydrogens (tertiary/aromatic N) is 2. The molecule has 20 heavy (non-hydrogen) atoms. The lowest BCUT2D eigenvalue weighted by atomic mass is 10.1. The van der Waals surface area contributed by atoms with E-state index in [1.165, 1.54) is 6.07 Å². The van der Waals surface area contributed by atoms with Crippen molar-refractivity contribution in [3.63, 3.8) is 0 Å². The quantitative estimate of drug-likeness (QED) is 0.736. The van der Waals surface area contributed by atoms with Crippen molar-refractivity contribution in [2.45, 2.75) is 6.92 Å². The Bertz CT molecular complexity index is 818. The summed E-state index contributed by atoms with van der Waals surface area (Å²) in [5.74, 6) is 0.436. The van der Waals surface area contributed by atoms with E-state index in [1.807, 2.05) is 0 Å². The first-order valence-electron chi connectivity index (χ1n) is 6.04. The topological polar surface area (TPSA) is 51.8 Å². The average molecular weight is 288 g/mol. The highest BCUT2D eigenvalue weighted by atomic mass is 35.5. The van der Waals surface area contributed by atoms with Gasteiger partial charge in [0.15, 0.2) is 5.82 Å². The van der Waals surface area contributed by atoms with Crippen LogP contribution in [-0.4, -0.2) is 9.97 Å². The standard InChI is InChI=1S/C15H11ClFN3/c1-8-2-3-9(6-12(8)17)15-19-13-5-4-10(16)7-11(13)14(18)20-15/h2-7H,1H3,(H2,18,19,20). The van der Waals surface area contributed by atoms with Crippen molar-refractivity contribution in [2.75, 3.05) is 5.73 Å². The van der Waals surface area contributed by atoms with E-state index < -0.39 is 0 Å². The molecule has 0 atom stereocenters. The normalized spacial score (nSPS) is 10.9. The zero-order chi connectivity index (χ0) is 14.3. The van der Waals surface area contributed by atoms with Gasteiger partial charge in [-0.2, -0.15) is 0 Å². The van der Waals surface area contributed by atoms with Crippen LogP contribution in [0.1, 0.15) is 5.56 Å². The van der Waals surface area contributed by atoms with Crippen LogP contribution in [0, 0.1) is 12.7 Å². The molecule has 3 aromatic rings. The molecule has 1 heterocycles. The third-order valence-electron chi connectivity index (χ3n) is 3.12. The van der Waals surface area contributed by atoms with E-state index in [0.29, 0.717) is 38.7 Å². The highest BCUT2D eigenvalue weighted by Gasteiger charge is 2.09. The van der Waals surface area contributed by atoms with Crippen LogP contribution in [0.4, 0.5) is 10.2 Å². The predicted octanol–water partition coefficient (Wildman–Crippen LogP) is 3.98. The number of hydrogen-bond donors (Lipinski definition) is 1. The van der Waals surface area contributed by atoms with Crippen LogP contribution in [0.3, 0.4) is 0 Å². The maximum absolute atomic E-state index is 13.6. The molecule has 0 saturated carbocycles. The second kappa shape index (κ2) is 4.72. The Morgan fingerprint density at radius 2 is 1.90 bits per heavy atom. The van der Waals surface area contributed by atoms with Crippen molar-refractivity contribution >= 4 is 28.3 Å². The molecule has 5 heteroatoms. The molecule has 0 unspecified atom stereocenters. The van der Waals surface area contributed by atoms with Gasteiger partial charge in [-0.25, -0.2) is 14.4 Å². The average Bonchev–Trinajstić information content (AvgIpc) is 2.42. The molecule has 0 fully saturated rings. The number of rotatable bonds is 1. The van der Waals surface area contributed by atoms with Gasteiger partial charge in [-0.3, -0.25) is 0 Å². The summed E-state index contributed by atoms with van der Waals surface area (Å²) >= 11 is 5.92. The largest absolute Gasteiger partial charge is 0.383 e. The van der Waals surface area contributed by atoms with Gasteiger partial charge in [-0.15, -0.1) is 0 Å². The summed E-state index contributed by atoms with van der Waals surface area (Å²) < 4.78 is 13.6. The van der Waals surface area contributed by atoms with Gasteiger partial charge in [0.05, 0.1) is 5.52 Å². The molecule has 3 nitrogen and oxygen atoms in total. The van der Waals surface area contributed by atoms with Crippen LogP contribution in [0.15, 0.2) is 36.4 Å². The van der Waals surface area contributed by atoms with Gasteiger partial charge in [0.2, 0.25) is 0 Å². The van der Waals surface area contributed by atoms with Crippen molar-refractivity contribution in [3.05, 3.63) is 52.8 Å². The Morgan fingerprint density at radius 1 is 1.10 bits per heavy atom. The van der Waals surface area contributed by atoms with Crippen molar-refractivity contribution in [1.82, 2.24) is 9.97 Å². The Balaban J connectivity index is 2.21. The molecule has 3 rings (SSSR count). The van der Waals surface area contributed by atoms with Crippen molar-refractivity contribution in [2.24, 2.45) is 0 Å². The summed E-state index contributed by atoms with van der Waals surface area (Å²) in [6.07, 6.45) is 0. The van der Waals surface area contributed by atoms with E-state index >= 15 is 0 Å². The van der Waals surface area contributed by atoms with E-state index in [1.54, 1.807) is 37.3 Å². The number of halogens is 2. The fourth-order valence-electron chi connectivity index (χ4n) is 1.99. The van der Waals surface area contributed by atoms with Gasteiger partial charge in [-0.05, 0) is 36.8 Å². The lowest BCUT2D eigenvalue weighted by Gasteiger charge is -2.06. The molecule has 0 saturated heterocycles. The van der Waals surface area contributed by atoms with E-state index in [0.717, 1.165) is 0 Å². The van der Waals surface area contributed by atoms with Crippen LogP contribution in [-0.2, 0) is 0 Å². The first-order valence-corrected chi connectivity index (χ1v) is 6.42. The molecule has 0 aliphatic heterocycles. The lowest BCUT2D eigenvalue weighted by molar-refractivity contribution is 0.619. The third kappa shape index (κ3) is 2.18. The number of anilines is 1. The Kier molecular flexibility index (Phi) is 3.03.